The standard InChI is InChI=1S/C14H20N2O4/c1-2-20-13-6-4-3-5-12(13)15-14(18)16-7-8-19-10-11(16)9-17/h3-6,11,17H,2,7-10H2,1H3,(H,15,18). The van der Waals surface area contributed by atoms with Crippen LogP contribution >= 0.6 is 0 Å². The zero-order chi connectivity index (χ0) is 14.4. The largest absolute Gasteiger partial charge is 0.492 e. The van der Waals surface area contributed by atoms with Gasteiger partial charge in [-0.2, -0.15) is 0 Å². The van der Waals surface area contributed by atoms with Crippen molar-refractivity contribution in [3.8, 4) is 5.75 Å². The Kier molecular flexibility index (Phi) is 5.20. The maximum atomic E-state index is 12.3. The van der Waals surface area contributed by atoms with Crippen molar-refractivity contribution in [3.63, 3.8) is 0 Å². The number of urea groups is 1. The van der Waals surface area contributed by atoms with Crippen LogP contribution in [-0.4, -0.2) is 55.1 Å². The molecular formula is C14H20N2O4. The van der Waals surface area contributed by atoms with Crippen molar-refractivity contribution in [2.75, 3.05) is 38.3 Å². The molecule has 1 unspecified atom stereocenters. The fourth-order valence-electron chi connectivity index (χ4n) is 2.11. The van der Waals surface area contributed by atoms with Crippen molar-refractivity contribution in [2.24, 2.45) is 0 Å². The zero-order valence-electron chi connectivity index (χ0n) is 11.5. The lowest BCUT2D eigenvalue weighted by Crippen LogP contribution is -2.52. The highest BCUT2D eigenvalue weighted by Gasteiger charge is 2.27. The molecule has 0 aliphatic carbocycles. The summed E-state index contributed by atoms with van der Waals surface area (Å²) in [4.78, 5) is 13.9. The van der Waals surface area contributed by atoms with E-state index in [0.717, 1.165) is 0 Å². The van der Waals surface area contributed by atoms with Crippen LogP contribution in [0.4, 0.5) is 10.5 Å². The molecule has 1 aromatic carbocycles. The number of nitrogens with zero attached hydrogens (tertiary/aromatic N) is 1. The summed E-state index contributed by atoms with van der Waals surface area (Å²) in [5, 5.41) is 12.1. The van der Waals surface area contributed by atoms with E-state index >= 15 is 0 Å². The van der Waals surface area contributed by atoms with Crippen LogP contribution in [0.25, 0.3) is 0 Å². The molecule has 1 atom stereocenters. The van der Waals surface area contributed by atoms with Crippen molar-refractivity contribution in [2.45, 2.75) is 13.0 Å². The maximum absolute atomic E-state index is 12.3. The van der Waals surface area contributed by atoms with Crippen molar-refractivity contribution >= 4 is 11.7 Å². The minimum Gasteiger partial charge on any atom is -0.492 e. The lowest BCUT2D eigenvalue weighted by Gasteiger charge is -2.34. The van der Waals surface area contributed by atoms with E-state index in [1.807, 2.05) is 25.1 Å². The minimum atomic E-state index is -0.303. The first-order valence-corrected chi connectivity index (χ1v) is 6.74. The van der Waals surface area contributed by atoms with E-state index in [2.05, 4.69) is 5.32 Å². The van der Waals surface area contributed by atoms with Gasteiger partial charge in [0.15, 0.2) is 0 Å². The van der Waals surface area contributed by atoms with Gasteiger partial charge in [-0.3, -0.25) is 0 Å². The molecule has 6 heteroatoms. The normalized spacial score (nSPS) is 18.7. The third-order valence-electron chi connectivity index (χ3n) is 3.13. The Morgan fingerprint density at radius 3 is 3.10 bits per heavy atom. The topological polar surface area (TPSA) is 71.0 Å². The summed E-state index contributed by atoms with van der Waals surface area (Å²) in [7, 11) is 0. The Hall–Kier alpha value is -1.79. The number of carbonyl (C=O) groups is 1. The molecule has 2 amide bonds. The predicted octanol–water partition coefficient (Wildman–Crippen LogP) is 1.31. The van der Waals surface area contributed by atoms with Gasteiger partial charge in [0, 0.05) is 6.54 Å². The molecule has 0 spiro atoms. The molecule has 20 heavy (non-hydrogen) atoms. The van der Waals surface area contributed by atoms with Gasteiger partial charge in [-0.1, -0.05) is 12.1 Å². The van der Waals surface area contributed by atoms with E-state index < -0.39 is 0 Å². The van der Waals surface area contributed by atoms with E-state index in [-0.39, 0.29) is 18.7 Å². The van der Waals surface area contributed by atoms with Crippen LogP contribution in [0.15, 0.2) is 24.3 Å². The fraction of sp³-hybridized carbons (Fsp3) is 0.500. The van der Waals surface area contributed by atoms with Crippen molar-refractivity contribution in [1.82, 2.24) is 4.90 Å². The molecule has 110 valence electrons. The van der Waals surface area contributed by atoms with Gasteiger partial charge < -0.3 is 24.8 Å². The first-order valence-electron chi connectivity index (χ1n) is 6.74. The number of nitrogens with one attached hydrogen (secondary N) is 1. The Morgan fingerprint density at radius 2 is 2.35 bits per heavy atom. The molecule has 1 fully saturated rings. The number of aliphatic hydroxyl groups excluding tert-OH is 1. The Balaban J connectivity index is 2.07. The van der Waals surface area contributed by atoms with E-state index in [1.165, 1.54) is 0 Å². The number of morpholine rings is 1. The monoisotopic (exact) mass is 280 g/mol. The van der Waals surface area contributed by atoms with Gasteiger partial charge in [-0.15, -0.1) is 0 Å². The Bertz CT molecular complexity index is 453. The highest BCUT2D eigenvalue weighted by molar-refractivity contribution is 5.91. The van der Waals surface area contributed by atoms with Crippen molar-refractivity contribution < 1.29 is 19.4 Å². The zero-order valence-corrected chi connectivity index (χ0v) is 11.5. The van der Waals surface area contributed by atoms with Gasteiger partial charge in [-0.25, -0.2) is 4.79 Å². The van der Waals surface area contributed by atoms with Crippen LogP contribution in [0.2, 0.25) is 0 Å². The van der Waals surface area contributed by atoms with E-state index in [1.54, 1.807) is 11.0 Å². The molecule has 1 heterocycles. The number of para-hydroxylation sites is 2. The van der Waals surface area contributed by atoms with Crippen LogP contribution in [0.5, 0.6) is 5.75 Å². The quantitative estimate of drug-likeness (QED) is 0.872. The maximum Gasteiger partial charge on any atom is 0.322 e. The van der Waals surface area contributed by atoms with Crippen LogP contribution in [0.1, 0.15) is 6.92 Å². The van der Waals surface area contributed by atoms with Gasteiger partial charge in [0.2, 0.25) is 0 Å². The molecule has 1 aliphatic heterocycles. The second kappa shape index (κ2) is 7.12. The van der Waals surface area contributed by atoms with Crippen LogP contribution in [0.3, 0.4) is 0 Å². The van der Waals surface area contributed by atoms with Crippen molar-refractivity contribution in [3.05, 3.63) is 24.3 Å². The van der Waals surface area contributed by atoms with Crippen LogP contribution in [0, 0.1) is 0 Å². The van der Waals surface area contributed by atoms with E-state index in [9.17, 15) is 9.90 Å². The summed E-state index contributed by atoms with van der Waals surface area (Å²) < 4.78 is 10.7. The second-order valence-electron chi connectivity index (χ2n) is 4.46. The summed E-state index contributed by atoms with van der Waals surface area (Å²) in [5.74, 6) is 0.636. The third-order valence-corrected chi connectivity index (χ3v) is 3.13. The fourth-order valence-corrected chi connectivity index (χ4v) is 2.11. The number of rotatable bonds is 4. The molecule has 1 aromatic rings. The van der Waals surface area contributed by atoms with E-state index in [0.29, 0.717) is 37.8 Å². The molecule has 0 bridgehead atoms. The molecule has 6 nitrogen and oxygen atoms in total. The number of ether oxygens (including phenoxy) is 2. The highest BCUT2D eigenvalue weighted by Crippen LogP contribution is 2.24. The first kappa shape index (κ1) is 14.6. The summed E-state index contributed by atoms with van der Waals surface area (Å²) in [5.41, 5.74) is 0.627. The molecule has 0 saturated carbocycles. The second-order valence-corrected chi connectivity index (χ2v) is 4.46. The molecular weight excluding hydrogens is 260 g/mol. The lowest BCUT2D eigenvalue weighted by molar-refractivity contribution is -0.00485. The summed E-state index contributed by atoms with van der Waals surface area (Å²) >= 11 is 0. The molecule has 1 saturated heterocycles. The van der Waals surface area contributed by atoms with Crippen LogP contribution in [-0.2, 0) is 4.74 Å². The number of carbonyl (C=O) groups excluding carboxylic acids is 1. The Labute approximate surface area is 118 Å². The third kappa shape index (κ3) is 3.40. The Morgan fingerprint density at radius 1 is 1.55 bits per heavy atom. The number of aliphatic hydroxyl groups is 1. The summed E-state index contributed by atoms with van der Waals surface area (Å²) in [6.45, 7) is 3.62. The SMILES string of the molecule is CCOc1ccccc1NC(=O)N1CCOCC1CO. The minimum absolute atomic E-state index is 0.111. The van der Waals surface area contributed by atoms with Gasteiger partial charge in [0.05, 0.1) is 38.2 Å². The average molecular weight is 280 g/mol. The number of amides is 2. The van der Waals surface area contributed by atoms with Crippen LogP contribution < -0.4 is 10.1 Å². The number of hydrogen-bond donors (Lipinski definition) is 2. The molecule has 2 N–H and O–H groups in total. The van der Waals surface area contributed by atoms with Gasteiger partial charge in [-0.05, 0) is 19.1 Å². The smallest absolute Gasteiger partial charge is 0.322 e. The molecule has 1 aliphatic rings. The van der Waals surface area contributed by atoms with Gasteiger partial charge in [0.1, 0.15) is 5.75 Å². The number of anilines is 1. The van der Waals surface area contributed by atoms with E-state index in [4.69, 9.17) is 9.47 Å². The van der Waals surface area contributed by atoms with Crippen molar-refractivity contribution in [1.29, 1.82) is 0 Å². The van der Waals surface area contributed by atoms with Gasteiger partial charge >= 0.3 is 6.03 Å². The average Bonchev–Trinajstić information content (AvgIpc) is 2.49. The molecule has 0 aromatic heterocycles. The lowest BCUT2D eigenvalue weighted by atomic mass is 10.2. The van der Waals surface area contributed by atoms with Gasteiger partial charge in [0.25, 0.3) is 0 Å². The summed E-state index contributed by atoms with van der Waals surface area (Å²) in [6.07, 6.45) is 0. The summed E-state index contributed by atoms with van der Waals surface area (Å²) in [6, 6.07) is 6.73. The first-order chi connectivity index (χ1) is 9.76. The number of benzene rings is 1. The molecule has 2 rings (SSSR count). The highest BCUT2D eigenvalue weighted by atomic mass is 16.5. The predicted molar refractivity (Wildman–Crippen MR) is 75.0 cm³/mol. The number of hydrogen-bond acceptors (Lipinski definition) is 4. The molecule has 0 radical (unpaired) electrons.